The second-order valence-corrected chi connectivity index (χ2v) is 7.48. The fourth-order valence-corrected chi connectivity index (χ4v) is 3.14. The summed E-state index contributed by atoms with van der Waals surface area (Å²) in [4.78, 5) is 0. The van der Waals surface area contributed by atoms with Gasteiger partial charge in [0.2, 0.25) is 0 Å². The van der Waals surface area contributed by atoms with Crippen LogP contribution in [0.2, 0.25) is 0 Å². The molecule has 114 valence electrons. The third-order valence-electron chi connectivity index (χ3n) is 3.59. The van der Waals surface area contributed by atoms with Crippen LogP contribution in [-0.2, 0) is 11.8 Å². The van der Waals surface area contributed by atoms with E-state index < -0.39 is 0 Å². The average molecular weight is 278 g/mol. The first kappa shape index (κ1) is 17.0. The van der Waals surface area contributed by atoms with Crippen LogP contribution in [0.3, 0.4) is 0 Å². The number of methoxy groups -OCH3 is 1. The van der Waals surface area contributed by atoms with Crippen LogP contribution in [-0.4, -0.2) is 18.8 Å². The molecule has 1 aromatic carbocycles. The molecular weight excluding hydrogens is 248 g/mol. The fraction of sp³-hybridized carbons (Fsp3) is 0.667. The maximum Gasteiger partial charge on any atom is 0.122 e. The first-order valence-electron chi connectivity index (χ1n) is 7.48. The molecular formula is C18H30O2. The highest BCUT2D eigenvalue weighted by molar-refractivity contribution is 5.42. The molecule has 0 heterocycles. The Hall–Kier alpha value is -1.02. The van der Waals surface area contributed by atoms with Gasteiger partial charge < -0.3 is 9.84 Å². The van der Waals surface area contributed by atoms with E-state index >= 15 is 0 Å². The number of aryl methyl sites for hydroxylation is 1. The molecule has 1 N–H and O–H groups in total. The van der Waals surface area contributed by atoms with Crippen molar-refractivity contribution in [3.05, 3.63) is 29.3 Å². The lowest BCUT2D eigenvalue weighted by Gasteiger charge is -2.34. The SMILES string of the molecule is COc1ccc(CCCO)cc1C(C)(C)CC(C)(C)C. The number of aliphatic hydroxyl groups is 1. The van der Waals surface area contributed by atoms with E-state index in [0.717, 1.165) is 25.0 Å². The molecule has 0 radical (unpaired) electrons. The molecule has 2 nitrogen and oxygen atoms in total. The van der Waals surface area contributed by atoms with Crippen molar-refractivity contribution in [3.63, 3.8) is 0 Å². The molecule has 0 bridgehead atoms. The quantitative estimate of drug-likeness (QED) is 0.839. The number of hydrogen-bond acceptors (Lipinski definition) is 2. The summed E-state index contributed by atoms with van der Waals surface area (Å²) in [5.74, 6) is 0.965. The van der Waals surface area contributed by atoms with Crippen LogP contribution in [0, 0.1) is 5.41 Å². The van der Waals surface area contributed by atoms with Gasteiger partial charge >= 0.3 is 0 Å². The second kappa shape index (κ2) is 6.62. The van der Waals surface area contributed by atoms with Crippen molar-refractivity contribution in [2.24, 2.45) is 5.41 Å². The lowest BCUT2D eigenvalue weighted by molar-refractivity contribution is 0.276. The zero-order valence-corrected chi connectivity index (χ0v) is 13.9. The highest BCUT2D eigenvalue weighted by atomic mass is 16.5. The predicted octanol–water partition coefficient (Wildman–Crippen LogP) is 4.33. The molecule has 0 saturated carbocycles. The summed E-state index contributed by atoms with van der Waals surface area (Å²) in [5, 5.41) is 8.99. The van der Waals surface area contributed by atoms with Gasteiger partial charge in [-0.05, 0) is 41.7 Å². The molecule has 0 unspecified atom stereocenters. The Morgan fingerprint density at radius 2 is 1.75 bits per heavy atom. The van der Waals surface area contributed by atoms with Gasteiger partial charge in [-0.2, -0.15) is 0 Å². The average Bonchev–Trinajstić information content (AvgIpc) is 2.33. The van der Waals surface area contributed by atoms with Crippen molar-refractivity contribution in [2.45, 2.75) is 59.3 Å². The third kappa shape index (κ3) is 4.82. The van der Waals surface area contributed by atoms with Crippen molar-refractivity contribution in [1.82, 2.24) is 0 Å². The first-order valence-corrected chi connectivity index (χ1v) is 7.48. The Kier molecular flexibility index (Phi) is 5.64. The minimum Gasteiger partial charge on any atom is -0.496 e. The number of rotatable bonds is 6. The van der Waals surface area contributed by atoms with Gasteiger partial charge in [0.25, 0.3) is 0 Å². The molecule has 20 heavy (non-hydrogen) atoms. The monoisotopic (exact) mass is 278 g/mol. The first-order chi connectivity index (χ1) is 9.19. The van der Waals surface area contributed by atoms with Crippen LogP contribution in [0.15, 0.2) is 18.2 Å². The number of hydrogen-bond donors (Lipinski definition) is 1. The summed E-state index contributed by atoms with van der Waals surface area (Å²) in [6, 6.07) is 6.41. The lowest BCUT2D eigenvalue weighted by Crippen LogP contribution is -2.25. The Morgan fingerprint density at radius 1 is 1.10 bits per heavy atom. The summed E-state index contributed by atoms with van der Waals surface area (Å²) in [7, 11) is 1.74. The molecule has 1 aromatic rings. The maximum absolute atomic E-state index is 8.99. The van der Waals surface area contributed by atoms with E-state index in [2.05, 4.69) is 52.8 Å². The Morgan fingerprint density at radius 3 is 2.25 bits per heavy atom. The number of ether oxygens (including phenoxy) is 1. The zero-order chi connectivity index (χ0) is 15.4. The molecule has 0 aliphatic rings. The minimum absolute atomic E-state index is 0.0683. The smallest absolute Gasteiger partial charge is 0.122 e. The summed E-state index contributed by atoms with van der Waals surface area (Å²) < 4.78 is 5.56. The van der Waals surface area contributed by atoms with Gasteiger partial charge in [0.05, 0.1) is 7.11 Å². The molecule has 0 aromatic heterocycles. The van der Waals surface area contributed by atoms with Crippen molar-refractivity contribution < 1.29 is 9.84 Å². The molecule has 0 atom stereocenters. The molecule has 0 aliphatic carbocycles. The minimum atomic E-state index is 0.0683. The van der Waals surface area contributed by atoms with Crippen LogP contribution >= 0.6 is 0 Å². The van der Waals surface area contributed by atoms with Crippen LogP contribution in [0.4, 0.5) is 0 Å². The van der Waals surface area contributed by atoms with E-state index in [9.17, 15) is 0 Å². The van der Waals surface area contributed by atoms with Gasteiger partial charge in [-0.3, -0.25) is 0 Å². The second-order valence-electron chi connectivity index (χ2n) is 7.48. The Balaban J connectivity index is 3.12. The zero-order valence-electron chi connectivity index (χ0n) is 13.9. The van der Waals surface area contributed by atoms with E-state index in [1.165, 1.54) is 11.1 Å². The van der Waals surface area contributed by atoms with E-state index in [1.54, 1.807) is 7.11 Å². The molecule has 0 spiro atoms. The molecule has 1 rings (SSSR count). The lowest BCUT2D eigenvalue weighted by atomic mass is 9.71. The van der Waals surface area contributed by atoms with Gasteiger partial charge in [0, 0.05) is 12.2 Å². The standard InChI is InChI=1S/C18H30O2/c1-17(2,3)13-18(4,5)15-12-14(8-7-11-19)9-10-16(15)20-6/h9-10,12,19H,7-8,11,13H2,1-6H3. The third-order valence-corrected chi connectivity index (χ3v) is 3.59. The van der Waals surface area contributed by atoms with Crippen LogP contribution in [0.25, 0.3) is 0 Å². The number of aliphatic hydroxyl groups excluding tert-OH is 1. The molecule has 0 fully saturated rings. The number of benzene rings is 1. The van der Waals surface area contributed by atoms with Crippen molar-refractivity contribution >= 4 is 0 Å². The highest BCUT2D eigenvalue weighted by Gasteiger charge is 2.29. The van der Waals surface area contributed by atoms with Gasteiger partial charge in [0.15, 0.2) is 0 Å². The summed E-state index contributed by atoms with van der Waals surface area (Å²) in [6.45, 7) is 11.6. The summed E-state index contributed by atoms with van der Waals surface area (Å²) in [6.07, 6.45) is 2.82. The van der Waals surface area contributed by atoms with Crippen LogP contribution < -0.4 is 4.74 Å². The van der Waals surface area contributed by atoms with Gasteiger partial charge in [-0.25, -0.2) is 0 Å². The summed E-state index contributed by atoms with van der Waals surface area (Å²) >= 11 is 0. The van der Waals surface area contributed by atoms with E-state index in [1.807, 2.05) is 0 Å². The predicted molar refractivity (Wildman–Crippen MR) is 85.5 cm³/mol. The normalized spacial score (nSPS) is 12.6. The van der Waals surface area contributed by atoms with Gasteiger partial charge in [-0.1, -0.05) is 46.8 Å². The topological polar surface area (TPSA) is 29.5 Å². The molecule has 0 amide bonds. The van der Waals surface area contributed by atoms with Crippen molar-refractivity contribution in [3.8, 4) is 5.75 Å². The molecule has 2 heteroatoms. The largest absolute Gasteiger partial charge is 0.496 e. The Labute approximate surface area is 124 Å². The molecule has 0 aliphatic heterocycles. The highest BCUT2D eigenvalue weighted by Crippen LogP contribution is 2.40. The van der Waals surface area contributed by atoms with Gasteiger partial charge in [0.1, 0.15) is 5.75 Å². The fourth-order valence-electron chi connectivity index (χ4n) is 3.14. The van der Waals surface area contributed by atoms with Gasteiger partial charge in [-0.15, -0.1) is 0 Å². The van der Waals surface area contributed by atoms with E-state index in [4.69, 9.17) is 9.84 Å². The van der Waals surface area contributed by atoms with Crippen LogP contribution in [0.5, 0.6) is 5.75 Å². The van der Waals surface area contributed by atoms with Crippen molar-refractivity contribution in [2.75, 3.05) is 13.7 Å². The molecule has 0 saturated heterocycles. The Bertz CT molecular complexity index is 428. The maximum atomic E-state index is 8.99. The van der Waals surface area contributed by atoms with E-state index in [0.29, 0.717) is 0 Å². The summed E-state index contributed by atoms with van der Waals surface area (Å²) in [5.41, 5.74) is 2.89. The van der Waals surface area contributed by atoms with E-state index in [-0.39, 0.29) is 17.4 Å². The van der Waals surface area contributed by atoms with Crippen molar-refractivity contribution in [1.29, 1.82) is 0 Å². The van der Waals surface area contributed by atoms with Crippen LogP contribution in [0.1, 0.15) is 58.6 Å².